The maximum atomic E-state index is 9.71. The molecule has 1 aliphatic rings. The highest BCUT2D eigenvalue weighted by atomic mass is 16.5. The molecule has 4 N–H and O–H groups in total. The molecule has 1 heterocycles. The van der Waals surface area contributed by atoms with E-state index in [-0.39, 0.29) is 13.2 Å². The van der Waals surface area contributed by atoms with Crippen LogP contribution in [0.4, 0.5) is 0 Å². The molecule has 6 nitrogen and oxygen atoms in total. The first-order chi connectivity index (χ1) is 8.15. The van der Waals surface area contributed by atoms with Crippen molar-refractivity contribution in [3.05, 3.63) is 36.4 Å². The maximum Gasteiger partial charge on any atom is 0.115 e. The van der Waals surface area contributed by atoms with Crippen molar-refractivity contribution in [3.63, 3.8) is 0 Å². The largest absolute Gasteiger partial charge is 0.495 e. The number of nitrogens with zero attached hydrogens (tertiary/aromatic N) is 1. The number of aliphatic hydroxyl groups is 2. The Morgan fingerprint density at radius 3 is 3.06 bits per heavy atom. The van der Waals surface area contributed by atoms with Crippen LogP contribution in [0, 0.1) is 0 Å². The number of hydrogen-bond acceptors (Lipinski definition) is 6. The predicted octanol–water partition coefficient (Wildman–Crippen LogP) is -0.388. The molecule has 0 aromatic heterocycles. The van der Waals surface area contributed by atoms with Crippen LogP contribution < -0.4 is 11.0 Å². The van der Waals surface area contributed by atoms with Crippen molar-refractivity contribution < 1.29 is 14.9 Å². The minimum Gasteiger partial charge on any atom is -0.495 e. The third kappa shape index (κ3) is 4.90. The van der Waals surface area contributed by atoms with Gasteiger partial charge in [0.25, 0.3) is 0 Å². The van der Waals surface area contributed by atoms with Gasteiger partial charge in [-0.15, -0.1) is 5.53 Å². The number of allylic oxidation sites excluding steroid dienone is 3. The molecular formula is C11H19N3O3. The lowest BCUT2D eigenvalue weighted by molar-refractivity contribution is 0.0438. The van der Waals surface area contributed by atoms with Crippen LogP contribution in [0.2, 0.25) is 0 Å². The smallest absolute Gasteiger partial charge is 0.115 e. The number of nitrogens with one attached hydrogen (secondary N) is 2. The van der Waals surface area contributed by atoms with E-state index in [4.69, 9.17) is 9.84 Å². The third-order valence-electron chi connectivity index (χ3n) is 2.11. The SMILES string of the molecule is C=C/C=C(\C)OCC(O)CN1C=C(CO)NN1. The Balaban J connectivity index is 2.26. The fourth-order valence-corrected chi connectivity index (χ4v) is 1.30. The molecule has 1 unspecified atom stereocenters. The molecule has 6 heteroatoms. The molecule has 1 rings (SSSR count). The van der Waals surface area contributed by atoms with Gasteiger partial charge in [0, 0.05) is 6.20 Å². The van der Waals surface area contributed by atoms with E-state index in [0.717, 1.165) is 0 Å². The zero-order valence-electron chi connectivity index (χ0n) is 9.89. The first-order valence-corrected chi connectivity index (χ1v) is 5.35. The van der Waals surface area contributed by atoms with Crippen LogP contribution in [0.5, 0.6) is 0 Å². The molecule has 0 saturated heterocycles. The molecule has 0 amide bonds. The minimum absolute atomic E-state index is 0.0721. The summed E-state index contributed by atoms with van der Waals surface area (Å²) in [7, 11) is 0. The second-order valence-electron chi connectivity index (χ2n) is 3.68. The molecule has 96 valence electrons. The van der Waals surface area contributed by atoms with E-state index in [0.29, 0.717) is 18.0 Å². The quantitative estimate of drug-likeness (QED) is 0.359. The van der Waals surface area contributed by atoms with Gasteiger partial charge in [0.05, 0.1) is 24.6 Å². The van der Waals surface area contributed by atoms with Gasteiger partial charge in [-0.3, -0.25) is 5.01 Å². The molecule has 1 aliphatic heterocycles. The summed E-state index contributed by atoms with van der Waals surface area (Å²) in [5.74, 6) is 0.707. The van der Waals surface area contributed by atoms with Crippen molar-refractivity contribution in [2.75, 3.05) is 19.8 Å². The van der Waals surface area contributed by atoms with Crippen molar-refractivity contribution in [3.8, 4) is 0 Å². The normalized spacial score (nSPS) is 17.5. The Bertz CT molecular complexity index is 315. The summed E-state index contributed by atoms with van der Waals surface area (Å²) in [6, 6.07) is 0. The summed E-state index contributed by atoms with van der Waals surface area (Å²) < 4.78 is 5.30. The van der Waals surface area contributed by atoms with Gasteiger partial charge >= 0.3 is 0 Å². The van der Waals surface area contributed by atoms with Gasteiger partial charge < -0.3 is 20.4 Å². The van der Waals surface area contributed by atoms with Crippen LogP contribution in [0.1, 0.15) is 6.92 Å². The Kier molecular flexibility index (Phi) is 5.55. The molecule has 0 bridgehead atoms. The van der Waals surface area contributed by atoms with Gasteiger partial charge in [-0.1, -0.05) is 12.7 Å². The lowest BCUT2D eigenvalue weighted by Crippen LogP contribution is -2.42. The summed E-state index contributed by atoms with van der Waals surface area (Å²) in [6.07, 6.45) is 4.41. The van der Waals surface area contributed by atoms with Gasteiger partial charge in [0.2, 0.25) is 0 Å². The van der Waals surface area contributed by atoms with Crippen molar-refractivity contribution in [1.29, 1.82) is 0 Å². The average Bonchev–Trinajstić information content (AvgIpc) is 2.74. The second-order valence-corrected chi connectivity index (χ2v) is 3.68. The third-order valence-corrected chi connectivity index (χ3v) is 2.11. The van der Waals surface area contributed by atoms with Gasteiger partial charge in [-0.2, -0.15) is 0 Å². The summed E-state index contributed by atoms with van der Waals surface area (Å²) in [5.41, 5.74) is 6.20. The van der Waals surface area contributed by atoms with E-state index in [1.165, 1.54) is 0 Å². The highest BCUT2D eigenvalue weighted by Gasteiger charge is 2.14. The van der Waals surface area contributed by atoms with Gasteiger partial charge in [0.1, 0.15) is 12.7 Å². The topological polar surface area (TPSA) is 77.0 Å². The van der Waals surface area contributed by atoms with Crippen LogP contribution in [0.3, 0.4) is 0 Å². The van der Waals surface area contributed by atoms with Crippen LogP contribution in [-0.4, -0.2) is 41.1 Å². The average molecular weight is 241 g/mol. The molecule has 0 aromatic rings. The van der Waals surface area contributed by atoms with Crippen molar-refractivity contribution in [2.45, 2.75) is 13.0 Å². The van der Waals surface area contributed by atoms with Crippen LogP contribution >= 0.6 is 0 Å². The van der Waals surface area contributed by atoms with E-state index >= 15 is 0 Å². The Morgan fingerprint density at radius 1 is 1.71 bits per heavy atom. The fourth-order valence-electron chi connectivity index (χ4n) is 1.30. The molecule has 0 spiro atoms. The summed E-state index contributed by atoms with van der Waals surface area (Å²) in [5, 5.41) is 20.2. The monoisotopic (exact) mass is 241 g/mol. The zero-order chi connectivity index (χ0) is 12.7. The Morgan fingerprint density at radius 2 is 2.47 bits per heavy atom. The molecule has 0 radical (unpaired) electrons. The molecule has 0 fully saturated rings. The van der Waals surface area contributed by atoms with Crippen LogP contribution in [0.15, 0.2) is 36.4 Å². The van der Waals surface area contributed by atoms with Crippen molar-refractivity contribution in [1.82, 2.24) is 16.0 Å². The van der Waals surface area contributed by atoms with E-state index in [1.807, 2.05) is 0 Å². The second kappa shape index (κ2) is 6.95. The molecule has 0 aliphatic carbocycles. The predicted molar refractivity (Wildman–Crippen MR) is 64.1 cm³/mol. The molecular weight excluding hydrogens is 222 g/mol. The molecule has 0 aromatic carbocycles. The number of hydrazine groups is 2. The van der Waals surface area contributed by atoms with E-state index in [2.05, 4.69) is 17.5 Å². The standard InChI is InChI=1S/C11H19N3O3/c1-3-4-9(2)17-8-11(16)6-14-5-10(7-15)12-13-14/h3-5,11-13,15-16H,1,6-8H2,2H3/b9-4+. The summed E-state index contributed by atoms with van der Waals surface area (Å²) in [6.45, 7) is 5.84. The maximum absolute atomic E-state index is 9.71. The highest BCUT2D eigenvalue weighted by molar-refractivity contribution is 5.02. The number of hydrogen-bond donors (Lipinski definition) is 4. The van der Waals surface area contributed by atoms with E-state index < -0.39 is 6.10 Å². The molecule has 1 atom stereocenters. The first kappa shape index (κ1) is 13.6. The highest BCUT2D eigenvalue weighted by Crippen LogP contribution is 2.02. The van der Waals surface area contributed by atoms with Crippen LogP contribution in [0.25, 0.3) is 0 Å². The van der Waals surface area contributed by atoms with Crippen molar-refractivity contribution in [2.24, 2.45) is 0 Å². The van der Waals surface area contributed by atoms with E-state index in [1.54, 1.807) is 30.3 Å². The minimum atomic E-state index is -0.633. The van der Waals surface area contributed by atoms with Gasteiger partial charge in [-0.25, -0.2) is 0 Å². The Labute approximate surface area is 101 Å². The van der Waals surface area contributed by atoms with Gasteiger partial charge in [-0.05, 0) is 13.0 Å². The lowest BCUT2D eigenvalue weighted by Gasteiger charge is -2.19. The fraction of sp³-hybridized carbons (Fsp3) is 0.455. The number of β-amino-alcohol motifs (C(OH)–C–C–N with tert-alkyl or cyclic N) is 1. The Hall–Kier alpha value is -1.50. The summed E-state index contributed by atoms with van der Waals surface area (Å²) >= 11 is 0. The number of rotatable bonds is 7. The number of ether oxygens (including phenoxy) is 1. The van der Waals surface area contributed by atoms with Crippen molar-refractivity contribution >= 4 is 0 Å². The summed E-state index contributed by atoms with van der Waals surface area (Å²) in [4.78, 5) is 0. The van der Waals surface area contributed by atoms with Gasteiger partial charge in [0.15, 0.2) is 0 Å². The van der Waals surface area contributed by atoms with Crippen LogP contribution in [-0.2, 0) is 4.74 Å². The number of aliphatic hydroxyl groups excluding tert-OH is 2. The molecule has 0 saturated carbocycles. The first-order valence-electron chi connectivity index (χ1n) is 5.35. The van der Waals surface area contributed by atoms with E-state index in [9.17, 15) is 5.11 Å². The molecule has 17 heavy (non-hydrogen) atoms. The zero-order valence-corrected chi connectivity index (χ0v) is 9.89. The lowest BCUT2D eigenvalue weighted by atomic mass is 10.3.